The van der Waals surface area contributed by atoms with E-state index in [1.165, 1.54) is 11.1 Å². The molecule has 1 aromatic carbocycles. The van der Waals surface area contributed by atoms with E-state index in [0.717, 1.165) is 49.0 Å². The van der Waals surface area contributed by atoms with Crippen molar-refractivity contribution in [2.45, 2.75) is 26.5 Å². The maximum Gasteiger partial charge on any atom is 0.152 e. The van der Waals surface area contributed by atoms with Crippen LogP contribution in [-0.4, -0.2) is 34.8 Å². The van der Waals surface area contributed by atoms with Crippen molar-refractivity contribution >= 4 is 0 Å². The molecule has 130 valence electrons. The first-order chi connectivity index (χ1) is 12.2. The number of aromatic nitrogens is 2. The average molecular weight is 337 g/mol. The Bertz CT molecular complexity index is 852. The Kier molecular flexibility index (Phi) is 4.42. The summed E-state index contributed by atoms with van der Waals surface area (Å²) in [6.07, 6.45) is 2.02. The highest BCUT2D eigenvalue weighted by Crippen LogP contribution is 2.28. The number of aryl methyl sites for hydroxylation is 2. The SMILES string of the molecule is Cc1ccc(-c2[nH]ncc2CN2CCOC(c3ccccc3C)C2)o1. The van der Waals surface area contributed by atoms with E-state index in [1.807, 2.05) is 25.3 Å². The number of rotatable bonds is 4. The minimum Gasteiger partial charge on any atom is -0.460 e. The number of H-pyrrole nitrogens is 1. The van der Waals surface area contributed by atoms with Gasteiger partial charge < -0.3 is 9.15 Å². The molecule has 3 heterocycles. The van der Waals surface area contributed by atoms with Crippen LogP contribution in [-0.2, 0) is 11.3 Å². The van der Waals surface area contributed by atoms with Crippen LogP contribution < -0.4 is 0 Å². The predicted molar refractivity (Wildman–Crippen MR) is 96.2 cm³/mol. The van der Waals surface area contributed by atoms with Gasteiger partial charge in [-0.25, -0.2) is 0 Å². The van der Waals surface area contributed by atoms with Gasteiger partial charge in [-0.05, 0) is 37.1 Å². The Hall–Kier alpha value is -2.37. The predicted octanol–water partition coefficient (Wildman–Crippen LogP) is 3.86. The van der Waals surface area contributed by atoms with E-state index in [0.29, 0.717) is 0 Å². The van der Waals surface area contributed by atoms with Crippen LogP contribution >= 0.6 is 0 Å². The first kappa shape index (κ1) is 16.1. The van der Waals surface area contributed by atoms with E-state index in [1.54, 1.807) is 0 Å². The molecule has 1 fully saturated rings. The molecule has 1 N–H and O–H groups in total. The van der Waals surface area contributed by atoms with Crippen LogP contribution in [0.25, 0.3) is 11.5 Å². The summed E-state index contributed by atoms with van der Waals surface area (Å²) in [4.78, 5) is 2.42. The van der Waals surface area contributed by atoms with Gasteiger partial charge in [0.15, 0.2) is 5.76 Å². The summed E-state index contributed by atoms with van der Waals surface area (Å²) < 4.78 is 11.8. The highest BCUT2D eigenvalue weighted by molar-refractivity contribution is 5.56. The van der Waals surface area contributed by atoms with Crippen molar-refractivity contribution in [1.29, 1.82) is 0 Å². The third-order valence-electron chi connectivity index (χ3n) is 4.78. The van der Waals surface area contributed by atoms with Crippen LogP contribution in [0.15, 0.2) is 47.0 Å². The minimum absolute atomic E-state index is 0.121. The lowest BCUT2D eigenvalue weighted by molar-refractivity contribution is -0.0331. The maximum atomic E-state index is 6.03. The molecule has 0 bridgehead atoms. The van der Waals surface area contributed by atoms with Gasteiger partial charge in [0.05, 0.1) is 18.9 Å². The van der Waals surface area contributed by atoms with Crippen molar-refractivity contribution in [3.05, 3.63) is 65.0 Å². The van der Waals surface area contributed by atoms with E-state index in [2.05, 4.69) is 46.3 Å². The molecule has 1 aliphatic heterocycles. The molecule has 0 spiro atoms. The topological polar surface area (TPSA) is 54.3 Å². The molecule has 0 aliphatic carbocycles. The van der Waals surface area contributed by atoms with Crippen LogP contribution in [0.4, 0.5) is 0 Å². The summed E-state index contributed by atoms with van der Waals surface area (Å²) in [5.74, 6) is 1.75. The zero-order valence-electron chi connectivity index (χ0n) is 14.7. The number of hydrogen-bond acceptors (Lipinski definition) is 4. The molecule has 25 heavy (non-hydrogen) atoms. The van der Waals surface area contributed by atoms with Gasteiger partial charge in [0.25, 0.3) is 0 Å². The van der Waals surface area contributed by atoms with Gasteiger partial charge in [-0.1, -0.05) is 24.3 Å². The number of furan rings is 1. The van der Waals surface area contributed by atoms with Gasteiger partial charge in [-0.2, -0.15) is 5.10 Å². The zero-order valence-corrected chi connectivity index (χ0v) is 14.7. The Morgan fingerprint density at radius 3 is 2.88 bits per heavy atom. The largest absolute Gasteiger partial charge is 0.460 e. The van der Waals surface area contributed by atoms with Crippen LogP contribution in [0.1, 0.15) is 28.6 Å². The Morgan fingerprint density at radius 1 is 1.20 bits per heavy atom. The summed E-state index contributed by atoms with van der Waals surface area (Å²) in [5.41, 5.74) is 4.68. The van der Waals surface area contributed by atoms with E-state index in [9.17, 15) is 0 Å². The molecule has 2 aromatic heterocycles. The second-order valence-corrected chi connectivity index (χ2v) is 6.63. The molecule has 1 saturated heterocycles. The quantitative estimate of drug-likeness (QED) is 0.785. The molecular weight excluding hydrogens is 314 g/mol. The molecule has 1 atom stereocenters. The van der Waals surface area contributed by atoms with Crippen LogP contribution in [0.2, 0.25) is 0 Å². The number of ether oxygens (including phenoxy) is 1. The highest BCUT2D eigenvalue weighted by Gasteiger charge is 2.24. The van der Waals surface area contributed by atoms with Crippen molar-refractivity contribution in [3.8, 4) is 11.5 Å². The summed E-state index contributed by atoms with van der Waals surface area (Å²) in [6.45, 7) is 7.47. The number of morpholine rings is 1. The summed E-state index contributed by atoms with van der Waals surface area (Å²) in [7, 11) is 0. The molecule has 0 amide bonds. The molecule has 0 saturated carbocycles. The van der Waals surface area contributed by atoms with Crippen LogP contribution in [0.5, 0.6) is 0 Å². The van der Waals surface area contributed by atoms with Crippen molar-refractivity contribution < 1.29 is 9.15 Å². The number of aromatic amines is 1. The van der Waals surface area contributed by atoms with Crippen molar-refractivity contribution in [2.24, 2.45) is 0 Å². The smallest absolute Gasteiger partial charge is 0.152 e. The molecule has 0 radical (unpaired) electrons. The van der Waals surface area contributed by atoms with Gasteiger partial charge in [-0.15, -0.1) is 0 Å². The highest BCUT2D eigenvalue weighted by atomic mass is 16.5. The Balaban J connectivity index is 1.50. The number of nitrogens with one attached hydrogen (secondary N) is 1. The fourth-order valence-corrected chi connectivity index (χ4v) is 3.44. The lowest BCUT2D eigenvalue weighted by atomic mass is 10.0. The van der Waals surface area contributed by atoms with Gasteiger partial charge >= 0.3 is 0 Å². The van der Waals surface area contributed by atoms with Crippen LogP contribution in [0.3, 0.4) is 0 Å². The monoisotopic (exact) mass is 337 g/mol. The summed E-state index contributed by atoms with van der Waals surface area (Å²) >= 11 is 0. The lowest BCUT2D eigenvalue weighted by Gasteiger charge is -2.33. The normalized spacial score (nSPS) is 18.6. The fourth-order valence-electron chi connectivity index (χ4n) is 3.44. The van der Waals surface area contributed by atoms with Crippen molar-refractivity contribution in [2.75, 3.05) is 19.7 Å². The number of hydrogen-bond donors (Lipinski definition) is 1. The minimum atomic E-state index is 0.121. The number of benzene rings is 1. The van der Waals surface area contributed by atoms with E-state index in [-0.39, 0.29) is 6.10 Å². The third kappa shape index (κ3) is 3.38. The summed E-state index contributed by atoms with van der Waals surface area (Å²) in [5, 5.41) is 7.30. The van der Waals surface area contributed by atoms with E-state index in [4.69, 9.17) is 9.15 Å². The van der Waals surface area contributed by atoms with E-state index < -0.39 is 0 Å². The third-order valence-corrected chi connectivity index (χ3v) is 4.78. The standard InChI is InChI=1S/C20H23N3O2/c1-14-5-3-4-6-17(14)19-13-23(9-10-24-19)12-16-11-21-22-20(16)18-8-7-15(2)25-18/h3-8,11,19H,9-10,12-13H2,1-2H3,(H,21,22). The molecule has 3 aromatic rings. The van der Waals surface area contributed by atoms with E-state index >= 15 is 0 Å². The fraction of sp³-hybridized carbons (Fsp3) is 0.350. The second-order valence-electron chi connectivity index (χ2n) is 6.63. The zero-order chi connectivity index (χ0) is 17.2. The van der Waals surface area contributed by atoms with Crippen molar-refractivity contribution in [3.63, 3.8) is 0 Å². The first-order valence-electron chi connectivity index (χ1n) is 8.69. The van der Waals surface area contributed by atoms with Crippen molar-refractivity contribution in [1.82, 2.24) is 15.1 Å². The summed E-state index contributed by atoms with van der Waals surface area (Å²) in [6, 6.07) is 12.4. The lowest BCUT2D eigenvalue weighted by Crippen LogP contribution is -2.38. The van der Waals surface area contributed by atoms with Gasteiger partial charge in [0.1, 0.15) is 11.5 Å². The first-order valence-corrected chi connectivity index (χ1v) is 8.69. The Labute approximate surface area is 147 Å². The molecule has 5 nitrogen and oxygen atoms in total. The molecule has 1 unspecified atom stereocenters. The van der Waals surface area contributed by atoms with Gasteiger partial charge in [-0.3, -0.25) is 10.00 Å². The maximum absolute atomic E-state index is 6.03. The Morgan fingerprint density at radius 2 is 2.08 bits per heavy atom. The average Bonchev–Trinajstić information content (AvgIpc) is 3.24. The number of nitrogens with zero attached hydrogens (tertiary/aromatic N) is 2. The molecular formula is C20H23N3O2. The molecule has 1 aliphatic rings. The van der Waals surface area contributed by atoms with Crippen LogP contribution in [0, 0.1) is 13.8 Å². The second kappa shape index (κ2) is 6.86. The molecule has 4 rings (SSSR count). The van der Waals surface area contributed by atoms with Gasteiger partial charge in [0.2, 0.25) is 0 Å². The molecule has 5 heteroatoms. The van der Waals surface area contributed by atoms with Gasteiger partial charge in [0, 0.05) is 25.2 Å².